The highest BCUT2D eigenvalue weighted by molar-refractivity contribution is 9.10. The predicted octanol–water partition coefficient (Wildman–Crippen LogP) is 2.35. The van der Waals surface area contributed by atoms with E-state index in [0.717, 1.165) is 4.31 Å². The van der Waals surface area contributed by atoms with Crippen LogP contribution in [0.1, 0.15) is 12.8 Å². The maximum atomic E-state index is 12.7. The van der Waals surface area contributed by atoms with E-state index in [2.05, 4.69) is 15.9 Å². The molecule has 0 unspecified atom stereocenters. The molecular weight excluding hydrogens is 386 g/mol. The van der Waals surface area contributed by atoms with Gasteiger partial charge in [0.05, 0.1) is 11.6 Å². The summed E-state index contributed by atoms with van der Waals surface area (Å²) < 4.78 is 32.0. The van der Waals surface area contributed by atoms with Crippen molar-refractivity contribution in [2.24, 2.45) is 0 Å². The van der Waals surface area contributed by atoms with Gasteiger partial charge >= 0.3 is 5.97 Å². The summed E-state index contributed by atoms with van der Waals surface area (Å²) >= 11 is 9.10. The van der Waals surface area contributed by atoms with Crippen molar-refractivity contribution in [3.05, 3.63) is 21.6 Å². The van der Waals surface area contributed by atoms with Gasteiger partial charge in [-0.25, -0.2) is 8.42 Å². The molecule has 0 bridgehead atoms. The second kappa shape index (κ2) is 6.12. The zero-order valence-corrected chi connectivity index (χ0v) is 14.2. The van der Waals surface area contributed by atoms with E-state index in [0.29, 0.717) is 17.3 Å². The smallest absolute Gasteiger partial charge is 0.322 e. The summed E-state index contributed by atoms with van der Waals surface area (Å²) in [6.07, 6.45) is 0.791. The molecule has 1 aliphatic rings. The van der Waals surface area contributed by atoms with Gasteiger partial charge < -0.3 is 9.84 Å². The summed E-state index contributed by atoms with van der Waals surface area (Å²) in [7, 11) is -2.67. The van der Waals surface area contributed by atoms with Crippen LogP contribution >= 0.6 is 27.5 Å². The number of nitrogens with zero attached hydrogens (tertiary/aromatic N) is 1. The molecule has 1 saturated heterocycles. The molecule has 2 rings (SSSR count). The van der Waals surface area contributed by atoms with Crippen molar-refractivity contribution in [3.8, 4) is 5.75 Å². The Kier molecular flexibility index (Phi) is 4.82. The Balaban J connectivity index is 2.57. The lowest BCUT2D eigenvalue weighted by atomic mass is 10.2. The first-order valence-electron chi connectivity index (χ1n) is 6.06. The quantitative estimate of drug-likeness (QED) is 0.841. The number of hydrogen-bond acceptors (Lipinski definition) is 4. The van der Waals surface area contributed by atoms with E-state index in [9.17, 15) is 13.2 Å². The number of aliphatic carboxylic acids is 1. The molecule has 0 saturated carbocycles. The van der Waals surface area contributed by atoms with Crippen LogP contribution in [0, 0.1) is 0 Å². The highest BCUT2D eigenvalue weighted by Crippen LogP contribution is 2.38. The van der Waals surface area contributed by atoms with Gasteiger partial charge in [0.2, 0.25) is 10.0 Å². The third-order valence-electron chi connectivity index (χ3n) is 3.25. The number of hydrogen-bond donors (Lipinski definition) is 1. The van der Waals surface area contributed by atoms with Gasteiger partial charge in [-0.2, -0.15) is 4.31 Å². The molecule has 0 radical (unpaired) electrons. The minimum Gasteiger partial charge on any atom is -0.494 e. The SMILES string of the molecule is COc1c(Br)cc(Cl)cc1S(=O)(=O)N1CCC[C@@H]1C(=O)O. The average molecular weight is 399 g/mol. The monoisotopic (exact) mass is 397 g/mol. The van der Waals surface area contributed by atoms with Gasteiger partial charge in [-0.05, 0) is 40.9 Å². The lowest BCUT2D eigenvalue weighted by molar-refractivity contribution is -0.140. The molecule has 1 aliphatic heterocycles. The molecule has 6 nitrogen and oxygen atoms in total. The van der Waals surface area contributed by atoms with E-state index in [1.54, 1.807) is 0 Å². The highest BCUT2D eigenvalue weighted by atomic mass is 79.9. The maximum Gasteiger partial charge on any atom is 0.322 e. The first-order valence-corrected chi connectivity index (χ1v) is 8.68. The van der Waals surface area contributed by atoms with Crippen LogP contribution in [-0.2, 0) is 14.8 Å². The normalized spacial score (nSPS) is 19.7. The number of carboxylic acid groups (broad SMARTS) is 1. The van der Waals surface area contributed by atoms with Gasteiger partial charge in [0, 0.05) is 11.6 Å². The van der Waals surface area contributed by atoms with E-state index in [1.807, 2.05) is 0 Å². The Morgan fingerprint density at radius 3 is 2.76 bits per heavy atom. The standard InChI is InChI=1S/C12H13BrClNO5S/c1-20-11-8(13)5-7(14)6-10(11)21(18,19)15-4-2-3-9(15)12(16)17/h5-6,9H,2-4H2,1H3,(H,16,17)/t9-/m1/s1. The fourth-order valence-electron chi connectivity index (χ4n) is 2.33. The summed E-state index contributed by atoms with van der Waals surface area (Å²) in [6, 6.07) is 1.72. The molecule has 1 aromatic rings. The third kappa shape index (κ3) is 3.03. The summed E-state index contributed by atoms with van der Waals surface area (Å²) in [6.45, 7) is 0.159. The molecule has 9 heteroatoms. The Bertz CT molecular complexity index is 678. The molecule has 116 valence electrons. The Labute approximate surface area is 135 Å². The molecular formula is C12H13BrClNO5S. The molecule has 1 heterocycles. The van der Waals surface area contributed by atoms with Crippen LogP contribution in [-0.4, -0.2) is 43.5 Å². The zero-order valence-electron chi connectivity index (χ0n) is 11.0. The number of carboxylic acids is 1. The second-order valence-corrected chi connectivity index (χ2v) is 7.68. The second-order valence-electron chi connectivity index (χ2n) is 4.53. The lowest BCUT2D eigenvalue weighted by Crippen LogP contribution is -2.40. The van der Waals surface area contributed by atoms with E-state index in [4.69, 9.17) is 21.4 Å². The van der Waals surface area contributed by atoms with Gasteiger partial charge in [-0.3, -0.25) is 4.79 Å². The predicted molar refractivity (Wildman–Crippen MR) is 80.3 cm³/mol. The number of sulfonamides is 1. The molecule has 1 N–H and O–H groups in total. The van der Waals surface area contributed by atoms with Crippen molar-refractivity contribution in [1.29, 1.82) is 0 Å². The molecule has 1 atom stereocenters. The van der Waals surface area contributed by atoms with Crippen molar-refractivity contribution in [1.82, 2.24) is 4.31 Å². The van der Waals surface area contributed by atoms with E-state index in [-0.39, 0.29) is 22.2 Å². The van der Waals surface area contributed by atoms with E-state index < -0.39 is 22.0 Å². The number of benzene rings is 1. The topological polar surface area (TPSA) is 83.9 Å². The molecule has 0 aromatic heterocycles. The van der Waals surface area contributed by atoms with Gasteiger partial charge in [0.15, 0.2) is 5.75 Å². The molecule has 0 aliphatic carbocycles. The van der Waals surface area contributed by atoms with Crippen LogP contribution in [0.25, 0.3) is 0 Å². The number of carbonyl (C=O) groups is 1. The Morgan fingerprint density at radius 1 is 1.52 bits per heavy atom. The summed E-state index contributed by atoms with van der Waals surface area (Å²) in [4.78, 5) is 11.1. The molecule has 21 heavy (non-hydrogen) atoms. The third-order valence-corrected chi connectivity index (χ3v) is 5.97. The summed E-state index contributed by atoms with van der Waals surface area (Å²) in [5.74, 6) is -1.05. The van der Waals surface area contributed by atoms with Crippen molar-refractivity contribution < 1.29 is 23.1 Å². The van der Waals surface area contributed by atoms with Gasteiger partial charge in [-0.15, -0.1) is 0 Å². The van der Waals surface area contributed by atoms with Crippen LogP contribution in [0.15, 0.2) is 21.5 Å². The number of halogens is 2. The molecule has 1 fully saturated rings. The Hall–Kier alpha value is -0.830. The average Bonchev–Trinajstić information content (AvgIpc) is 2.87. The minimum absolute atomic E-state index is 0.107. The van der Waals surface area contributed by atoms with Crippen molar-refractivity contribution in [2.75, 3.05) is 13.7 Å². The fraction of sp³-hybridized carbons (Fsp3) is 0.417. The zero-order chi connectivity index (χ0) is 15.8. The fourth-order valence-corrected chi connectivity index (χ4v) is 5.35. The van der Waals surface area contributed by atoms with Crippen LogP contribution < -0.4 is 4.74 Å². The lowest BCUT2D eigenvalue weighted by Gasteiger charge is -2.22. The molecule has 0 amide bonds. The maximum absolute atomic E-state index is 12.7. The van der Waals surface area contributed by atoms with E-state index >= 15 is 0 Å². The van der Waals surface area contributed by atoms with Crippen LogP contribution in [0.3, 0.4) is 0 Å². The van der Waals surface area contributed by atoms with Crippen LogP contribution in [0.4, 0.5) is 0 Å². The van der Waals surface area contributed by atoms with Gasteiger partial charge in [-0.1, -0.05) is 11.6 Å². The van der Waals surface area contributed by atoms with Gasteiger partial charge in [0.1, 0.15) is 10.9 Å². The number of rotatable bonds is 4. The van der Waals surface area contributed by atoms with Crippen molar-refractivity contribution in [3.63, 3.8) is 0 Å². The van der Waals surface area contributed by atoms with Crippen molar-refractivity contribution in [2.45, 2.75) is 23.8 Å². The highest BCUT2D eigenvalue weighted by Gasteiger charge is 2.41. The first-order chi connectivity index (χ1) is 9.78. The summed E-state index contributed by atoms with van der Waals surface area (Å²) in [5, 5.41) is 9.37. The van der Waals surface area contributed by atoms with Crippen LogP contribution in [0.5, 0.6) is 5.75 Å². The van der Waals surface area contributed by atoms with Gasteiger partial charge in [0.25, 0.3) is 0 Å². The first kappa shape index (κ1) is 16.5. The number of ether oxygens (including phenoxy) is 1. The molecule has 0 spiro atoms. The Morgan fingerprint density at radius 2 is 2.19 bits per heavy atom. The summed E-state index contributed by atoms with van der Waals surface area (Å²) in [5.41, 5.74) is 0. The number of methoxy groups -OCH3 is 1. The van der Waals surface area contributed by atoms with E-state index in [1.165, 1.54) is 19.2 Å². The van der Waals surface area contributed by atoms with Crippen molar-refractivity contribution >= 4 is 43.5 Å². The largest absolute Gasteiger partial charge is 0.494 e. The minimum atomic E-state index is -4.01. The molecule has 1 aromatic carbocycles. The van der Waals surface area contributed by atoms with Crippen LogP contribution in [0.2, 0.25) is 5.02 Å².